The molecular formula is C28H21F8N5O2. The molecule has 2 heterocycles. The minimum Gasteiger partial charge on any atom is -0.355 e. The first-order valence-electron chi connectivity index (χ1n) is 12.4. The second-order valence-electron chi connectivity index (χ2n) is 9.22. The highest BCUT2D eigenvalue weighted by Crippen LogP contribution is 2.32. The Morgan fingerprint density at radius 1 is 0.977 bits per heavy atom. The highest BCUT2D eigenvalue weighted by Gasteiger charge is 2.36. The molecule has 2 aromatic heterocycles. The monoisotopic (exact) mass is 611 g/mol. The fraction of sp³-hybridized carbons (Fsp3) is 0.214. The fourth-order valence-corrected chi connectivity index (χ4v) is 4.37. The van der Waals surface area contributed by atoms with E-state index in [-0.39, 0.29) is 45.1 Å². The van der Waals surface area contributed by atoms with Gasteiger partial charge in [0.15, 0.2) is 5.69 Å². The Labute approximate surface area is 238 Å². The van der Waals surface area contributed by atoms with Crippen LogP contribution in [0.2, 0.25) is 0 Å². The Bertz CT molecular complexity index is 1630. The first kappa shape index (κ1) is 31.1. The van der Waals surface area contributed by atoms with Crippen molar-refractivity contribution >= 4 is 11.8 Å². The lowest BCUT2D eigenvalue weighted by Gasteiger charge is -2.22. The molecule has 0 aliphatic carbocycles. The van der Waals surface area contributed by atoms with Gasteiger partial charge in [0.1, 0.15) is 29.7 Å². The van der Waals surface area contributed by atoms with E-state index in [2.05, 4.69) is 20.7 Å². The van der Waals surface area contributed by atoms with Crippen molar-refractivity contribution in [1.29, 1.82) is 0 Å². The zero-order valence-corrected chi connectivity index (χ0v) is 22.0. The zero-order valence-electron chi connectivity index (χ0n) is 22.0. The number of amides is 2. The number of halogens is 8. The number of pyridine rings is 1. The molecule has 0 unspecified atom stereocenters. The van der Waals surface area contributed by atoms with E-state index in [1.165, 1.54) is 37.5 Å². The molecule has 0 saturated heterocycles. The lowest BCUT2D eigenvalue weighted by Crippen LogP contribution is -2.34. The van der Waals surface area contributed by atoms with E-state index in [4.69, 9.17) is 0 Å². The third-order valence-corrected chi connectivity index (χ3v) is 6.23. The van der Waals surface area contributed by atoms with Crippen LogP contribution in [0, 0.1) is 17.5 Å². The standard InChI is InChI=1S/C28H21F8N5O2/c1-37-27(43)19-10-15(4-5-20(19)31)18-3-2-6-38-25(18)21(9-14-7-16(29)11-17(30)8-14)39-24(42)13-41-22(26(32)33)12-23(40-41)28(34,35)36/h2-8,10-12,21,26H,9,13H2,1H3,(H,37,43)(H,39,42)/t21-/m0/s1. The van der Waals surface area contributed by atoms with Crippen molar-refractivity contribution in [2.75, 3.05) is 7.05 Å². The Kier molecular flexibility index (Phi) is 9.11. The summed E-state index contributed by atoms with van der Waals surface area (Å²) in [5, 5.41) is 7.87. The van der Waals surface area contributed by atoms with Gasteiger partial charge in [-0.2, -0.15) is 18.3 Å². The predicted molar refractivity (Wildman–Crippen MR) is 136 cm³/mol. The molecule has 0 aliphatic rings. The predicted octanol–water partition coefficient (Wildman–Crippen LogP) is 5.78. The van der Waals surface area contributed by atoms with E-state index in [0.717, 1.165) is 18.2 Å². The van der Waals surface area contributed by atoms with Crippen LogP contribution in [0.15, 0.2) is 60.8 Å². The van der Waals surface area contributed by atoms with Crippen LogP contribution in [0.5, 0.6) is 0 Å². The SMILES string of the molecule is CNC(=O)c1cc(-c2cccnc2[C@H](Cc2cc(F)cc(F)c2)NC(=O)Cn2nc(C(F)(F)F)cc2C(F)F)ccc1F. The lowest BCUT2D eigenvalue weighted by molar-refractivity contribution is -0.141. The molecule has 2 aromatic carbocycles. The van der Waals surface area contributed by atoms with E-state index in [1.807, 2.05) is 0 Å². The van der Waals surface area contributed by atoms with Crippen LogP contribution in [0.3, 0.4) is 0 Å². The average Bonchev–Trinajstić information content (AvgIpc) is 3.37. The van der Waals surface area contributed by atoms with E-state index < -0.39 is 65.8 Å². The van der Waals surface area contributed by atoms with Gasteiger partial charge in [-0.1, -0.05) is 12.1 Å². The Hall–Kier alpha value is -4.82. The van der Waals surface area contributed by atoms with Gasteiger partial charge in [-0.3, -0.25) is 19.3 Å². The average molecular weight is 611 g/mol. The molecule has 1 atom stereocenters. The molecule has 2 N–H and O–H groups in total. The number of hydrogen-bond acceptors (Lipinski definition) is 4. The number of carbonyl (C=O) groups excluding carboxylic acids is 2. The van der Waals surface area contributed by atoms with E-state index in [9.17, 15) is 44.7 Å². The Morgan fingerprint density at radius 3 is 2.30 bits per heavy atom. The number of nitrogens with one attached hydrogen (secondary N) is 2. The highest BCUT2D eigenvalue weighted by molar-refractivity contribution is 5.95. The summed E-state index contributed by atoms with van der Waals surface area (Å²) in [6, 6.07) is 8.00. The van der Waals surface area contributed by atoms with E-state index in [0.29, 0.717) is 6.07 Å². The Balaban J connectivity index is 1.75. The first-order valence-corrected chi connectivity index (χ1v) is 12.4. The van der Waals surface area contributed by atoms with Gasteiger partial charge in [0, 0.05) is 24.9 Å². The van der Waals surface area contributed by atoms with Crippen LogP contribution < -0.4 is 10.6 Å². The smallest absolute Gasteiger partial charge is 0.355 e. The number of carbonyl (C=O) groups is 2. The molecule has 15 heteroatoms. The topological polar surface area (TPSA) is 88.9 Å². The number of alkyl halides is 5. The normalized spacial score (nSPS) is 12.3. The van der Waals surface area contributed by atoms with Gasteiger partial charge in [-0.05, 0) is 53.9 Å². The molecule has 0 bridgehead atoms. The summed E-state index contributed by atoms with van der Waals surface area (Å²) in [7, 11) is 1.30. The number of benzene rings is 2. The van der Waals surface area contributed by atoms with Crippen LogP contribution in [-0.2, 0) is 23.9 Å². The maximum absolute atomic E-state index is 14.4. The van der Waals surface area contributed by atoms with Gasteiger partial charge >= 0.3 is 6.18 Å². The maximum Gasteiger partial charge on any atom is 0.435 e. The summed E-state index contributed by atoms with van der Waals surface area (Å²) >= 11 is 0. The summed E-state index contributed by atoms with van der Waals surface area (Å²) in [6.45, 7) is -1.07. The van der Waals surface area contributed by atoms with Gasteiger partial charge < -0.3 is 10.6 Å². The van der Waals surface area contributed by atoms with Gasteiger partial charge in [0.05, 0.1) is 17.3 Å². The molecule has 226 valence electrons. The number of nitrogens with zero attached hydrogens (tertiary/aromatic N) is 3. The van der Waals surface area contributed by atoms with Crippen molar-refractivity contribution in [2.24, 2.45) is 0 Å². The van der Waals surface area contributed by atoms with E-state index >= 15 is 0 Å². The lowest BCUT2D eigenvalue weighted by atomic mass is 9.94. The highest BCUT2D eigenvalue weighted by atomic mass is 19.4. The molecule has 0 aliphatic heterocycles. The summed E-state index contributed by atoms with van der Waals surface area (Å²) in [6.07, 6.45) is -7.45. The van der Waals surface area contributed by atoms with Crippen molar-refractivity contribution in [3.05, 3.63) is 106 Å². The molecule has 0 saturated carbocycles. The second-order valence-corrected chi connectivity index (χ2v) is 9.22. The molecular weight excluding hydrogens is 590 g/mol. The third-order valence-electron chi connectivity index (χ3n) is 6.23. The molecule has 0 spiro atoms. The van der Waals surface area contributed by atoms with Gasteiger partial charge in [-0.25, -0.2) is 22.0 Å². The molecule has 0 fully saturated rings. The van der Waals surface area contributed by atoms with Crippen molar-refractivity contribution in [3.8, 4) is 11.1 Å². The van der Waals surface area contributed by atoms with Gasteiger partial charge in [-0.15, -0.1) is 0 Å². The van der Waals surface area contributed by atoms with E-state index in [1.54, 1.807) is 0 Å². The number of hydrogen-bond donors (Lipinski definition) is 2. The minimum atomic E-state index is -5.05. The molecule has 7 nitrogen and oxygen atoms in total. The summed E-state index contributed by atoms with van der Waals surface area (Å²) in [4.78, 5) is 29.5. The second kappa shape index (κ2) is 12.6. The maximum atomic E-state index is 14.4. The summed E-state index contributed by atoms with van der Waals surface area (Å²) < 4.78 is 109. The van der Waals surface area contributed by atoms with Crippen LogP contribution in [-0.4, -0.2) is 33.6 Å². The molecule has 4 aromatic rings. The largest absolute Gasteiger partial charge is 0.435 e. The third kappa shape index (κ3) is 7.34. The van der Waals surface area contributed by atoms with Crippen LogP contribution >= 0.6 is 0 Å². The van der Waals surface area contributed by atoms with Crippen molar-refractivity contribution in [1.82, 2.24) is 25.4 Å². The van der Waals surface area contributed by atoms with Crippen molar-refractivity contribution in [3.63, 3.8) is 0 Å². The molecule has 4 rings (SSSR count). The zero-order chi connectivity index (χ0) is 31.5. The summed E-state index contributed by atoms with van der Waals surface area (Å²) in [5.41, 5.74) is -2.50. The number of aromatic nitrogens is 3. The fourth-order valence-electron chi connectivity index (χ4n) is 4.37. The van der Waals surface area contributed by atoms with Gasteiger partial charge in [0.2, 0.25) is 5.91 Å². The summed E-state index contributed by atoms with van der Waals surface area (Å²) in [5.74, 6) is -4.53. The van der Waals surface area contributed by atoms with Gasteiger partial charge in [0.25, 0.3) is 12.3 Å². The number of rotatable bonds is 9. The van der Waals surface area contributed by atoms with Crippen LogP contribution in [0.25, 0.3) is 11.1 Å². The quantitative estimate of drug-likeness (QED) is 0.235. The molecule has 0 radical (unpaired) electrons. The minimum absolute atomic E-state index is 0.0382. The first-order chi connectivity index (χ1) is 20.3. The molecule has 43 heavy (non-hydrogen) atoms. The van der Waals surface area contributed by atoms with Crippen LogP contribution in [0.4, 0.5) is 35.1 Å². The molecule has 2 amide bonds. The van der Waals surface area contributed by atoms with Crippen LogP contribution in [0.1, 0.15) is 45.5 Å². The van der Waals surface area contributed by atoms with Crippen molar-refractivity contribution < 1.29 is 44.7 Å². The van der Waals surface area contributed by atoms with Crippen molar-refractivity contribution in [2.45, 2.75) is 31.6 Å². The Morgan fingerprint density at radius 2 is 1.67 bits per heavy atom.